The number of piperidine rings is 1. The highest BCUT2D eigenvalue weighted by Gasteiger charge is 2.21. The number of aromatic amines is 1. The van der Waals surface area contributed by atoms with Crippen LogP contribution in [0.5, 0.6) is 0 Å². The van der Waals surface area contributed by atoms with Gasteiger partial charge in [-0.1, -0.05) is 0 Å². The highest BCUT2D eigenvalue weighted by atomic mass is 16.4. The van der Waals surface area contributed by atoms with Gasteiger partial charge in [0.2, 0.25) is 5.91 Å². The first kappa shape index (κ1) is 20.3. The number of anilines is 1. The molecule has 0 unspecified atom stereocenters. The minimum absolute atomic E-state index is 0.0515. The molecule has 2 aromatic heterocycles. The van der Waals surface area contributed by atoms with Crippen LogP contribution in [0.4, 0.5) is 5.69 Å². The molecule has 1 aliphatic carbocycles. The van der Waals surface area contributed by atoms with E-state index in [2.05, 4.69) is 10.3 Å². The molecule has 3 heterocycles. The molecule has 0 bridgehead atoms. The van der Waals surface area contributed by atoms with E-state index < -0.39 is 17.2 Å². The molecular formula is C23H24N4O5. The molecule has 2 N–H and O–H groups in total. The first-order valence-corrected chi connectivity index (χ1v) is 11.0. The summed E-state index contributed by atoms with van der Waals surface area (Å²) in [7, 11) is 0. The molecular weight excluding hydrogens is 412 g/mol. The van der Waals surface area contributed by atoms with E-state index in [1.807, 2.05) is 0 Å². The number of hydrogen-bond acceptors (Lipinski definition) is 5. The minimum Gasteiger partial charge on any atom is -0.408 e. The summed E-state index contributed by atoms with van der Waals surface area (Å²) in [6.07, 6.45) is 5.65. The number of benzene rings is 1. The van der Waals surface area contributed by atoms with E-state index >= 15 is 0 Å². The Labute approximate surface area is 183 Å². The molecule has 1 saturated heterocycles. The van der Waals surface area contributed by atoms with Crippen molar-refractivity contribution in [3.05, 3.63) is 62.0 Å². The second-order valence-electron chi connectivity index (χ2n) is 8.40. The Hall–Kier alpha value is -3.62. The first-order valence-electron chi connectivity index (χ1n) is 11.0. The number of carbonyl (C=O) groups excluding carboxylic acids is 2. The van der Waals surface area contributed by atoms with Gasteiger partial charge >= 0.3 is 5.76 Å². The maximum absolute atomic E-state index is 12.8. The lowest BCUT2D eigenvalue weighted by Gasteiger charge is -2.26. The number of likely N-dealkylation sites (tertiary alicyclic amines) is 1. The van der Waals surface area contributed by atoms with Gasteiger partial charge in [0.25, 0.3) is 11.5 Å². The molecule has 32 heavy (non-hydrogen) atoms. The maximum atomic E-state index is 12.8. The lowest BCUT2D eigenvalue weighted by atomic mass is 10.1. The number of rotatable bonds is 4. The van der Waals surface area contributed by atoms with Crippen molar-refractivity contribution in [2.24, 2.45) is 0 Å². The number of carbonyl (C=O) groups is 2. The van der Waals surface area contributed by atoms with Gasteiger partial charge in [0.15, 0.2) is 5.58 Å². The Morgan fingerprint density at radius 2 is 1.84 bits per heavy atom. The molecule has 1 aliphatic heterocycles. The monoisotopic (exact) mass is 436 g/mol. The SMILES string of the molecule is O=C(Nc1ccc2oc(=O)n(CC(=O)N3CCCCC3)c2c1)c1cc2c([nH]c1=O)CCC2. The minimum atomic E-state index is -0.621. The van der Waals surface area contributed by atoms with Gasteiger partial charge in [-0.25, -0.2) is 4.79 Å². The summed E-state index contributed by atoms with van der Waals surface area (Å²) in [5.74, 6) is -1.28. The second kappa shape index (κ2) is 8.14. The molecule has 1 aromatic carbocycles. The Morgan fingerprint density at radius 1 is 1.03 bits per heavy atom. The average Bonchev–Trinajstić information content (AvgIpc) is 3.37. The smallest absolute Gasteiger partial charge is 0.408 e. The molecule has 0 saturated carbocycles. The van der Waals surface area contributed by atoms with E-state index in [9.17, 15) is 19.2 Å². The molecule has 5 rings (SSSR count). The van der Waals surface area contributed by atoms with Crippen LogP contribution in [0.3, 0.4) is 0 Å². The summed E-state index contributed by atoms with van der Waals surface area (Å²) < 4.78 is 6.55. The lowest BCUT2D eigenvalue weighted by Crippen LogP contribution is -2.39. The van der Waals surface area contributed by atoms with Crippen LogP contribution in [0.15, 0.2) is 38.3 Å². The van der Waals surface area contributed by atoms with Crippen LogP contribution in [-0.4, -0.2) is 39.4 Å². The summed E-state index contributed by atoms with van der Waals surface area (Å²) in [6, 6.07) is 6.41. The van der Waals surface area contributed by atoms with E-state index in [1.54, 1.807) is 29.2 Å². The third-order valence-electron chi connectivity index (χ3n) is 6.26. The first-order chi connectivity index (χ1) is 15.5. The van der Waals surface area contributed by atoms with Crippen molar-refractivity contribution in [1.29, 1.82) is 0 Å². The summed E-state index contributed by atoms with van der Waals surface area (Å²) in [6.45, 7) is 1.27. The van der Waals surface area contributed by atoms with Gasteiger partial charge in [0.05, 0.1) is 5.52 Å². The van der Waals surface area contributed by atoms with Crippen LogP contribution < -0.4 is 16.6 Å². The van der Waals surface area contributed by atoms with Gasteiger partial charge in [-0.2, -0.15) is 0 Å². The number of nitrogens with zero attached hydrogens (tertiary/aromatic N) is 2. The molecule has 9 nitrogen and oxygen atoms in total. The van der Waals surface area contributed by atoms with Crippen LogP contribution in [0, 0.1) is 0 Å². The zero-order valence-corrected chi connectivity index (χ0v) is 17.6. The Morgan fingerprint density at radius 3 is 2.66 bits per heavy atom. The van der Waals surface area contributed by atoms with Gasteiger partial charge in [-0.3, -0.25) is 19.0 Å². The number of hydrogen-bond donors (Lipinski definition) is 2. The van der Waals surface area contributed by atoms with Crippen LogP contribution in [0.25, 0.3) is 11.1 Å². The van der Waals surface area contributed by atoms with Crippen molar-refractivity contribution in [2.75, 3.05) is 18.4 Å². The highest BCUT2D eigenvalue weighted by molar-refractivity contribution is 6.04. The maximum Gasteiger partial charge on any atom is 0.420 e. The van der Waals surface area contributed by atoms with E-state index in [0.29, 0.717) is 29.9 Å². The van der Waals surface area contributed by atoms with E-state index in [-0.39, 0.29) is 18.0 Å². The third-order valence-corrected chi connectivity index (χ3v) is 6.26. The fourth-order valence-corrected chi connectivity index (χ4v) is 4.55. The molecule has 3 aromatic rings. The van der Waals surface area contributed by atoms with Gasteiger partial charge in [-0.15, -0.1) is 0 Å². The number of amides is 2. The van der Waals surface area contributed by atoms with Crippen LogP contribution >= 0.6 is 0 Å². The average molecular weight is 436 g/mol. The Bertz CT molecular complexity index is 1330. The van der Waals surface area contributed by atoms with Crippen molar-refractivity contribution >= 4 is 28.6 Å². The normalized spacial score (nSPS) is 15.7. The number of H-pyrrole nitrogens is 1. The molecule has 2 amide bonds. The van der Waals surface area contributed by atoms with E-state index in [4.69, 9.17) is 4.42 Å². The highest BCUT2D eigenvalue weighted by Crippen LogP contribution is 2.21. The molecule has 0 atom stereocenters. The van der Waals surface area contributed by atoms with Crippen LogP contribution in [0.2, 0.25) is 0 Å². The zero-order chi connectivity index (χ0) is 22.2. The predicted molar refractivity (Wildman–Crippen MR) is 118 cm³/mol. The molecule has 0 radical (unpaired) electrons. The third kappa shape index (κ3) is 3.74. The standard InChI is InChI=1S/C23H24N4O5/c28-20(26-9-2-1-3-10-26)13-27-18-12-15(7-8-19(18)32-23(27)31)24-21(29)16-11-14-5-4-6-17(14)25-22(16)30/h7-8,11-12H,1-6,9-10,13H2,(H,24,29)(H,25,30). The molecule has 1 fully saturated rings. The van der Waals surface area contributed by atoms with Gasteiger partial charge < -0.3 is 19.6 Å². The van der Waals surface area contributed by atoms with Crippen LogP contribution in [-0.2, 0) is 24.2 Å². The van der Waals surface area contributed by atoms with Crippen molar-refractivity contribution < 1.29 is 14.0 Å². The van der Waals surface area contributed by atoms with Gasteiger partial charge in [0, 0.05) is 24.5 Å². The Balaban J connectivity index is 1.40. The number of aromatic nitrogens is 2. The topological polar surface area (TPSA) is 117 Å². The van der Waals surface area contributed by atoms with Gasteiger partial charge in [0.1, 0.15) is 12.1 Å². The van der Waals surface area contributed by atoms with Crippen molar-refractivity contribution in [1.82, 2.24) is 14.5 Å². The fourth-order valence-electron chi connectivity index (χ4n) is 4.55. The van der Waals surface area contributed by atoms with E-state index in [1.165, 1.54) is 4.57 Å². The number of pyridine rings is 1. The number of aryl methyl sites for hydroxylation is 2. The fraction of sp³-hybridized carbons (Fsp3) is 0.391. The molecule has 2 aliphatic rings. The van der Waals surface area contributed by atoms with E-state index in [0.717, 1.165) is 49.8 Å². The van der Waals surface area contributed by atoms with Crippen molar-refractivity contribution in [3.63, 3.8) is 0 Å². The Kier molecular flexibility index (Phi) is 5.16. The number of nitrogens with one attached hydrogen (secondary N) is 2. The number of oxazole rings is 1. The quantitative estimate of drug-likeness (QED) is 0.649. The van der Waals surface area contributed by atoms with Crippen molar-refractivity contribution in [3.8, 4) is 0 Å². The largest absolute Gasteiger partial charge is 0.420 e. The number of fused-ring (bicyclic) bond motifs is 2. The summed E-state index contributed by atoms with van der Waals surface area (Å²) in [4.78, 5) is 54.7. The molecule has 166 valence electrons. The van der Waals surface area contributed by atoms with Gasteiger partial charge in [-0.05, 0) is 68.4 Å². The summed E-state index contributed by atoms with van der Waals surface area (Å²) in [5, 5.41) is 2.72. The molecule has 0 spiro atoms. The zero-order valence-electron chi connectivity index (χ0n) is 17.6. The second-order valence-corrected chi connectivity index (χ2v) is 8.40. The molecule has 9 heteroatoms. The van der Waals surface area contributed by atoms with Crippen molar-refractivity contribution in [2.45, 2.75) is 45.1 Å². The summed E-state index contributed by atoms with van der Waals surface area (Å²) >= 11 is 0. The predicted octanol–water partition coefficient (Wildman–Crippen LogP) is 2.04. The lowest BCUT2D eigenvalue weighted by molar-refractivity contribution is -0.132. The summed E-state index contributed by atoms with van der Waals surface area (Å²) in [5.41, 5.74) is 2.67. The van der Waals surface area contributed by atoms with Crippen LogP contribution in [0.1, 0.15) is 47.3 Å².